The lowest BCUT2D eigenvalue weighted by atomic mass is 9.87. The van der Waals surface area contributed by atoms with E-state index in [1.807, 2.05) is 12.1 Å². The number of nitrogens with zero attached hydrogens (tertiary/aromatic N) is 2. The number of rotatable bonds is 4. The molecule has 1 fully saturated rings. The van der Waals surface area contributed by atoms with Gasteiger partial charge in [0.05, 0.1) is 17.0 Å². The molecule has 1 aliphatic heterocycles. The van der Waals surface area contributed by atoms with Gasteiger partial charge in [0.1, 0.15) is 0 Å². The average Bonchev–Trinajstić information content (AvgIpc) is 3.19. The van der Waals surface area contributed by atoms with E-state index >= 15 is 0 Å². The summed E-state index contributed by atoms with van der Waals surface area (Å²) >= 11 is 3.54. The van der Waals surface area contributed by atoms with Crippen molar-refractivity contribution in [3.63, 3.8) is 0 Å². The maximum absolute atomic E-state index is 11.1. The molecule has 1 heterocycles. The van der Waals surface area contributed by atoms with Crippen LogP contribution in [-0.2, 0) is 5.41 Å². The number of non-ortho nitro benzene ring substituents is 1. The molecule has 3 aromatic carbocycles. The number of hydrogen-bond donors (Lipinski definition) is 0. The van der Waals surface area contributed by atoms with Crippen LogP contribution in [0.3, 0.4) is 0 Å². The number of nitro benzene ring substituents is 1. The van der Waals surface area contributed by atoms with Gasteiger partial charge in [-0.2, -0.15) is 0 Å². The smallest absolute Gasteiger partial charge is 0.269 e. The molecule has 4 nitrogen and oxygen atoms in total. The minimum absolute atomic E-state index is 0.104. The van der Waals surface area contributed by atoms with E-state index in [1.54, 1.807) is 12.1 Å². The Morgan fingerprint density at radius 3 is 1.77 bits per heavy atom. The zero-order chi connectivity index (χ0) is 22.2. The Morgan fingerprint density at radius 1 is 0.839 bits per heavy atom. The summed E-state index contributed by atoms with van der Waals surface area (Å²) in [5, 5.41) is 11.1. The van der Waals surface area contributed by atoms with E-state index in [0.29, 0.717) is 0 Å². The molecule has 5 heteroatoms. The lowest BCUT2D eigenvalue weighted by Crippen LogP contribution is -2.26. The SMILES string of the molecule is CC(C)(C)c1ccc(N2C(c3ccc(Br)cc3)CCC2c2ccc([N+](=O)[O-])cc2)cc1. The summed E-state index contributed by atoms with van der Waals surface area (Å²) in [6, 6.07) is 24.9. The fourth-order valence-corrected chi connectivity index (χ4v) is 4.73. The summed E-state index contributed by atoms with van der Waals surface area (Å²) in [7, 11) is 0. The molecule has 0 radical (unpaired) electrons. The molecule has 1 aliphatic rings. The Bertz CT molecular complexity index is 1050. The number of nitro groups is 1. The first kappa shape index (κ1) is 21.6. The van der Waals surface area contributed by atoms with Gasteiger partial charge in [-0.3, -0.25) is 10.1 Å². The molecule has 0 aliphatic carbocycles. The summed E-state index contributed by atoms with van der Waals surface area (Å²) in [4.78, 5) is 13.2. The van der Waals surface area contributed by atoms with E-state index in [-0.39, 0.29) is 28.1 Å². The van der Waals surface area contributed by atoms with Gasteiger partial charge in [-0.05, 0) is 59.2 Å². The van der Waals surface area contributed by atoms with Crippen molar-refractivity contribution in [1.29, 1.82) is 0 Å². The van der Waals surface area contributed by atoms with E-state index in [4.69, 9.17) is 0 Å². The minimum Gasteiger partial charge on any atom is -0.357 e. The highest BCUT2D eigenvalue weighted by molar-refractivity contribution is 9.10. The van der Waals surface area contributed by atoms with Gasteiger partial charge >= 0.3 is 0 Å². The highest BCUT2D eigenvalue weighted by atomic mass is 79.9. The van der Waals surface area contributed by atoms with Crippen molar-refractivity contribution in [2.75, 3.05) is 4.90 Å². The van der Waals surface area contributed by atoms with E-state index in [0.717, 1.165) is 22.9 Å². The fraction of sp³-hybridized carbons (Fsp3) is 0.308. The van der Waals surface area contributed by atoms with Crippen molar-refractivity contribution in [2.45, 2.75) is 51.1 Å². The molecule has 31 heavy (non-hydrogen) atoms. The first-order valence-corrected chi connectivity index (χ1v) is 11.4. The predicted molar refractivity (Wildman–Crippen MR) is 130 cm³/mol. The van der Waals surface area contributed by atoms with Gasteiger partial charge in [0, 0.05) is 22.3 Å². The van der Waals surface area contributed by atoms with Crippen LogP contribution < -0.4 is 4.90 Å². The molecule has 0 saturated carbocycles. The van der Waals surface area contributed by atoms with Gasteiger partial charge in [-0.1, -0.05) is 73.1 Å². The second-order valence-electron chi connectivity index (χ2n) is 9.21. The Labute approximate surface area is 192 Å². The monoisotopic (exact) mass is 478 g/mol. The van der Waals surface area contributed by atoms with Crippen molar-refractivity contribution in [3.8, 4) is 0 Å². The Hall–Kier alpha value is -2.66. The molecular weight excluding hydrogens is 452 g/mol. The zero-order valence-corrected chi connectivity index (χ0v) is 19.7. The van der Waals surface area contributed by atoms with Crippen LogP contribution in [0.25, 0.3) is 0 Å². The maximum atomic E-state index is 11.1. The van der Waals surface area contributed by atoms with Crippen LogP contribution in [0, 0.1) is 10.1 Å². The van der Waals surface area contributed by atoms with Gasteiger partial charge in [0.25, 0.3) is 5.69 Å². The summed E-state index contributed by atoms with van der Waals surface area (Å²) in [5.41, 5.74) is 5.13. The summed E-state index contributed by atoms with van der Waals surface area (Å²) in [6.45, 7) is 6.67. The topological polar surface area (TPSA) is 46.4 Å². The lowest BCUT2D eigenvalue weighted by Gasteiger charge is -2.34. The van der Waals surface area contributed by atoms with Crippen LogP contribution in [0.1, 0.15) is 62.4 Å². The molecule has 2 atom stereocenters. The van der Waals surface area contributed by atoms with Crippen LogP contribution in [0.4, 0.5) is 11.4 Å². The van der Waals surface area contributed by atoms with Crippen LogP contribution in [0.15, 0.2) is 77.3 Å². The summed E-state index contributed by atoms with van der Waals surface area (Å²) in [6.07, 6.45) is 2.03. The highest BCUT2D eigenvalue weighted by Crippen LogP contribution is 2.47. The molecule has 0 aromatic heterocycles. The largest absolute Gasteiger partial charge is 0.357 e. The molecule has 2 unspecified atom stereocenters. The summed E-state index contributed by atoms with van der Waals surface area (Å²) < 4.78 is 1.07. The van der Waals surface area contributed by atoms with Crippen molar-refractivity contribution < 1.29 is 4.92 Å². The molecule has 0 bridgehead atoms. The van der Waals surface area contributed by atoms with Crippen LogP contribution in [0.5, 0.6) is 0 Å². The number of hydrogen-bond acceptors (Lipinski definition) is 3. The van der Waals surface area contributed by atoms with Crippen molar-refractivity contribution >= 4 is 27.3 Å². The summed E-state index contributed by atoms with van der Waals surface area (Å²) in [5.74, 6) is 0. The Kier molecular flexibility index (Phi) is 5.89. The molecule has 0 spiro atoms. The standard InChI is InChI=1S/C26H27BrN2O2/c1-26(2,3)20-8-14-22(15-9-20)28-24(18-4-10-21(27)11-5-18)16-17-25(28)19-6-12-23(13-7-19)29(30)31/h4-15,24-25H,16-17H2,1-3H3. The second kappa shape index (κ2) is 8.46. The van der Waals surface area contributed by atoms with Gasteiger partial charge in [0.2, 0.25) is 0 Å². The van der Waals surface area contributed by atoms with Crippen molar-refractivity contribution in [2.24, 2.45) is 0 Å². The number of halogens is 1. The van der Waals surface area contributed by atoms with E-state index in [1.165, 1.54) is 16.8 Å². The third kappa shape index (κ3) is 4.52. The third-order valence-corrected chi connectivity index (χ3v) is 6.69. The number of benzene rings is 3. The normalized spacial score (nSPS) is 18.9. The van der Waals surface area contributed by atoms with E-state index in [2.05, 4.69) is 90.1 Å². The Morgan fingerprint density at radius 2 is 1.32 bits per heavy atom. The first-order chi connectivity index (χ1) is 14.7. The van der Waals surface area contributed by atoms with Crippen molar-refractivity contribution in [3.05, 3.63) is 104 Å². The van der Waals surface area contributed by atoms with Crippen LogP contribution in [-0.4, -0.2) is 4.92 Å². The zero-order valence-electron chi connectivity index (χ0n) is 18.1. The first-order valence-electron chi connectivity index (χ1n) is 10.6. The maximum Gasteiger partial charge on any atom is 0.269 e. The fourth-order valence-electron chi connectivity index (χ4n) is 4.46. The lowest BCUT2D eigenvalue weighted by molar-refractivity contribution is -0.384. The predicted octanol–water partition coefficient (Wildman–Crippen LogP) is 7.74. The molecule has 160 valence electrons. The van der Waals surface area contributed by atoms with E-state index in [9.17, 15) is 10.1 Å². The van der Waals surface area contributed by atoms with Gasteiger partial charge < -0.3 is 4.90 Å². The van der Waals surface area contributed by atoms with Crippen molar-refractivity contribution in [1.82, 2.24) is 0 Å². The van der Waals surface area contributed by atoms with Gasteiger partial charge in [-0.15, -0.1) is 0 Å². The molecule has 0 N–H and O–H groups in total. The number of anilines is 1. The molecular formula is C26H27BrN2O2. The van der Waals surface area contributed by atoms with Crippen LogP contribution >= 0.6 is 15.9 Å². The van der Waals surface area contributed by atoms with Gasteiger partial charge in [-0.25, -0.2) is 0 Å². The van der Waals surface area contributed by atoms with Gasteiger partial charge in [0.15, 0.2) is 0 Å². The quantitative estimate of drug-likeness (QED) is 0.284. The third-order valence-electron chi connectivity index (χ3n) is 6.16. The molecule has 1 saturated heterocycles. The van der Waals surface area contributed by atoms with Crippen LogP contribution in [0.2, 0.25) is 0 Å². The molecule has 4 rings (SSSR count). The Balaban J connectivity index is 1.74. The molecule has 3 aromatic rings. The average molecular weight is 479 g/mol. The van der Waals surface area contributed by atoms with E-state index < -0.39 is 0 Å². The minimum atomic E-state index is -0.341. The molecule has 0 amide bonds. The highest BCUT2D eigenvalue weighted by Gasteiger charge is 2.35. The second-order valence-corrected chi connectivity index (χ2v) is 10.1.